The Morgan fingerprint density at radius 1 is 1.00 bits per heavy atom. The number of rotatable bonds is 2. The van der Waals surface area contributed by atoms with Crippen molar-refractivity contribution in [3.8, 4) is 0 Å². The van der Waals surface area contributed by atoms with Gasteiger partial charge >= 0.3 is 0 Å². The maximum atomic E-state index is 12.6. The molecular weight excluding hydrogens is 314 g/mol. The van der Waals surface area contributed by atoms with Crippen LogP contribution < -0.4 is 4.90 Å². The smallest absolute Gasteiger partial charge is 0.259 e. The van der Waals surface area contributed by atoms with E-state index in [4.69, 9.17) is 0 Å². The van der Waals surface area contributed by atoms with Crippen molar-refractivity contribution in [2.45, 2.75) is 20.8 Å². The summed E-state index contributed by atoms with van der Waals surface area (Å²) in [6.07, 6.45) is 0. The molecule has 0 spiro atoms. The van der Waals surface area contributed by atoms with Crippen LogP contribution in [-0.2, 0) is 0 Å². The van der Waals surface area contributed by atoms with Crippen molar-refractivity contribution in [2.75, 3.05) is 11.9 Å². The van der Waals surface area contributed by atoms with Gasteiger partial charge in [0.25, 0.3) is 5.91 Å². The molecule has 0 aromatic heterocycles. The quantitative estimate of drug-likeness (QED) is 0.784. The molecule has 1 amide bonds. The molecule has 0 saturated carbocycles. The molecule has 0 N–H and O–H groups in total. The molecule has 104 valence electrons. The van der Waals surface area contributed by atoms with Gasteiger partial charge in [-0.05, 0) is 66.0 Å². The van der Waals surface area contributed by atoms with Crippen LogP contribution in [0.5, 0.6) is 0 Å². The molecule has 0 atom stereocenters. The molecule has 0 saturated heterocycles. The molecule has 0 aliphatic rings. The lowest BCUT2D eigenvalue weighted by Gasteiger charge is -2.20. The number of benzene rings is 2. The maximum absolute atomic E-state index is 12.6. The molecule has 0 radical (unpaired) electrons. The van der Waals surface area contributed by atoms with E-state index in [-0.39, 0.29) is 5.91 Å². The van der Waals surface area contributed by atoms with Crippen molar-refractivity contribution >= 4 is 27.5 Å². The number of halogens is 1. The van der Waals surface area contributed by atoms with E-state index in [2.05, 4.69) is 28.9 Å². The van der Waals surface area contributed by atoms with Crippen molar-refractivity contribution in [2.24, 2.45) is 0 Å². The second kappa shape index (κ2) is 5.80. The second-order valence-corrected chi connectivity index (χ2v) is 5.99. The van der Waals surface area contributed by atoms with Crippen LogP contribution in [-0.4, -0.2) is 13.0 Å². The van der Waals surface area contributed by atoms with Gasteiger partial charge in [0.1, 0.15) is 0 Å². The van der Waals surface area contributed by atoms with Crippen LogP contribution in [0.4, 0.5) is 5.69 Å². The Kier molecular flexibility index (Phi) is 4.29. The summed E-state index contributed by atoms with van der Waals surface area (Å²) >= 11 is 3.47. The minimum Gasteiger partial charge on any atom is -0.311 e. The van der Waals surface area contributed by atoms with Crippen molar-refractivity contribution in [1.82, 2.24) is 0 Å². The Hall–Kier alpha value is -1.61. The Labute approximate surface area is 128 Å². The first-order valence-electron chi connectivity index (χ1n) is 6.51. The number of carbonyl (C=O) groups excluding carboxylic acids is 1. The summed E-state index contributed by atoms with van der Waals surface area (Å²) in [5.41, 5.74) is 5.04. The van der Waals surface area contributed by atoms with E-state index in [0.717, 1.165) is 21.3 Å². The van der Waals surface area contributed by atoms with Gasteiger partial charge in [-0.2, -0.15) is 0 Å². The van der Waals surface area contributed by atoms with Crippen molar-refractivity contribution < 1.29 is 4.79 Å². The number of carbonyl (C=O) groups is 1. The Balaban J connectivity index is 2.37. The van der Waals surface area contributed by atoms with Gasteiger partial charge in [-0.1, -0.05) is 23.8 Å². The SMILES string of the molecule is Cc1ccc(N(C)C(=O)c2ccc(C)cc2Br)c(C)c1. The summed E-state index contributed by atoms with van der Waals surface area (Å²) in [7, 11) is 1.81. The van der Waals surface area contributed by atoms with Crippen LogP contribution in [0.2, 0.25) is 0 Å². The molecule has 0 fully saturated rings. The van der Waals surface area contributed by atoms with Crippen LogP contribution in [0.3, 0.4) is 0 Å². The fourth-order valence-corrected chi connectivity index (χ4v) is 2.93. The Morgan fingerprint density at radius 2 is 1.60 bits per heavy atom. The highest BCUT2D eigenvalue weighted by atomic mass is 79.9. The summed E-state index contributed by atoms with van der Waals surface area (Å²) in [6, 6.07) is 11.9. The van der Waals surface area contributed by atoms with E-state index in [0.29, 0.717) is 5.56 Å². The highest BCUT2D eigenvalue weighted by molar-refractivity contribution is 9.10. The number of anilines is 1. The molecule has 0 bridgehead atoms. The summed E-state index contributed by atoms with van der Waals surface area (Å²) in [6.45, 7) is 6.08. The van der Waals surface area contributed by atoms with Gasteiger partial charge in [0.15, 0.2) is 0 Å². The molecule has 2 rings (SSSR count). The van der Waals surface area contributed by atoms with Crippen molar-refractivity contribution in [1.29, 1.82) is 0 Å². The largest absolute Gasteiger partial charge is 0.311 e. The lowest BCUT2D eigenvalue weighted by Crippen LogP contribution is -2.27. The topological polar surface area (TPSA) is 20.3 Å². The fraction of sp³-hybridized carbons (Fsp3) is 0.235. The second-order valence-electron chi connectivity index (χ2n) is 5.14. The lowest BCUT2D eigenvalue weighted by molar-refractivity contribution is 0.0992. The first-order chi connectivity index (χ1) is 9.40. The first-order valence-corrected chi connectivity index (χ1v) is 7.31. The molecule has 0 aliphatic heterocycles. The summed E-state index contributed by atoms with van der Waals surface area (Å²) in [5.74, 6) is -0.0103. The van der Waals surface area contributed by atoms with Crippen LogP contribution in [0.25, 0.3) is 0 Å². The van der Waals surface area contributed by atoms with Gasteiger partial charge in [-0.15, -0.1) is 0 Å². The first kappa shape index (κ1) is 14.8. The average Bonchev–Trinajstić information content (AvgIpc) is 2.37. The zero-order valence-corrected chi connectivity index (χ0v) is 13.8. The van der Waals surface area contributed by atoms with E-state index in [1.807, 2.05) is 51.2 Å². The van der Waals surface area contributed by atoms with Gasteiger partial charge in [-0.25, -0.2) is 0 Å². The van der Waals surface area contributed by atoms with Gasteiger partial charge in [-0.3, -0.25) is 4.79 Å². The van der Waals surface area contributed by atoms with E-state index in [1.165, 1.54) is 5.56 Å². The van der Waals surface area contributed by atoms with E-state index >= 15 is 0 Å². The highest BCUT2D eigenvalue weighted by Gasteiger charge is 2.17. The molecule has 0 unspecified atom stereocenters. The number of aryl methyl sites for hydroxylation is 3. The molecule has 3 heteroatoms. The van der Waals surface area contributed by atoms with Crippen molar-refractivity contribution in [3.05, 3.63) is 63.1 Å². The lowest BCUT2D eigenvalue weighted by atomic mass is 10.1. The van der Waals surface area contributed by atoms with E-state index < -0.39 is 0 Å². The van der Waals surface area contributed by atoms with Gasteiger partial charge in [0.2, 0.25) is 0 Å². The number of hydrogen-bond acceptors (Lipinski definition) is 1. The Morgan fingerprint density at radius 3 is 2.20 bits per heavy atom. The zero-order chi connectivity index (χ0) is 14.9. The molecule has 2 aromatic carbocycles. The molecule has 0 heterocycles. The number of nitrogens with zero attached hydrogens (tertiary/aromatic N) is 1. The monoisotopic (exact) mass is 331 g/mol. The molecule has 2 aromatic rings. The number of amides is 1. The van der Waals surface area contributed by atoms with Crippen LogP contribution in [0.15, 0.2) is 40.9 Å². The van der Waals surface area contributed by atoms with E-state index in [9.17, 15) is 4.79 Å². The third kappa shape index (κ3) is 2.93. The summed E-state index contributed by atoms with van der Waals surface area (Å²) in [4.78, 5) is 14.3. The van der Waals surface area contributed by atoms with Crippen LogP contribution >= 0.6 is 15.9 Å². The van der Waals surface area contributed by atoms with Gasteiger partial charge in [0.05, 0.1) is 5.56 Å². The fourth-order valence-electron chi connectivity index (χ4n) is 2.27. The normalized spacial score (nSPS) is 10.4. The molecule has 0 aliphatic carbocycles. The molecule has 2 nitrogen and oxygen atoms in total. The highest BCUT2D eigenvalue weighted by Crippen LogP contribution is 2.25. The van der Waals surface area contributed by atoms with E-state index in [1.54, 1.807) is 4.90 Å². The minimum absolute atomic E-state index is 0.0103. The van der Waals surface area contributed by atoms with Crippen molar-refractivity contribution in [3.63, 3.8) is 0 Å². The third-order valence-electron chi connectivity index (χ3n) is 3.37. The molecular formula is C17H18BrNO. The van der Waals surface area contributed by atoms with Crippen LogP contribution in [0.1, 0.15) is 27.0 Å². The minimum atomic E-state index is -0.0103. The molecule has 20 heavy (non-hydrogen) atoms. The maximum Gasteiger partial charge on any atom is 0.259 e. The zero-order valence-electron chi connectivity index (χ0n) is 12.2. The predicted octanol–water partition coefficient (Wildman–Crippen LogP) is 4.65. The standard InChI is InChI=1S/C17H18BrNO/c1-11-6-8-16(13(3)9-11)19(4)17(20)14-7-5-12(2)10-15(14)18/h5-10H,1-4H3. The average molecular weight is 332 g/mol. The van der Waals surface area contributed by atoms with Gasteiger partial charge < -0.3 is 4.90 Å². The summed E-state index contributed by atoms with van der Waals surface area (Å²) in [5, 5.41) is 0. The Bertz CT molecular complexity index is 664. The summed E-state index contributed by atoms with van der Waals surface area (Å²) < 4.78 is 0.833. The van der Waals surface area contributed by atoms with Crippen LogP contribution in [0, 0.1) is 20.8 Å². The number of hydrogen-bond donors (Lipinski definition) is 0. The third-order valence-corrected chi connectivity index (χ3v) is 4.03. The predicted molar refractivity (Wildman–Crippen MR) is 87.5 cm³/mol. The van der Waals surface area contributed by atoms with Gasteiger partial charge in [0, 0.05) is 17.2 Å².